The van der Waals surface area contributed by atoms with Gasteiger partial charge in [0.25, 0.3) is 0 Å². The third-order valence-corrected chi connectivity index (χ3v) is 11.7. The molecule has 0 aliphatic carbocycles. The van der Waals surface area contributed by atoms with Gasteiger partial charge in [-0.05, 0) is 91.9 Å². The number of benzene rings is 6. The molecular formula is C56H56N3OPt-. The molecule has 8 aromatic rings. The minimum atomic E-state index is -0.147. The predicted molar refractivity (Wildman–Crippen MR) is 252 cm³/mol. The second kappa shape index (κ2) is 17.1. The molecule has 1 N–H and O–H groups in total. The van der Waals surface area contributed by atoms with E-state index in [0.29, 0.717) is 5.82 Å². The molecule has 0 saturated carbocycles. The maximum atomic E-state index is 12.2. The molecule has 2 heterocycles. The second-order valence-electron chi connectivity index (χ2n) is 18.9. The number of aromatic nitrogens is 3. The average Bonchev–Trinajstić information content (AvgIpc) is 3.63. The van der Waals surface area contributed by atoms with E-state index in [1.807, 2.05) is 12.3 Å². The summed E-state index contributed by atoms with van der Waals surface area (Å²) in [7, 11) is 0. The maximum absolute atomic E-state index is 12.2. The molecule has 0 bridgehead atoms. The second-order valence-corrected chi connectivity index (χ2v) is 18.9. The van der Waals surface area contributed by atoms with Crippen molar-refractivity contribution in [1.82, 2.24) is 14.5 Å². The fourth-order valence-electron chi connectivity index (χ4n) is 8.03. The van der Waals surface area contributed by atoms with Gasteiger partial charge in [-0.1, -0.05) is 171 Å². The first-order valence-electron chi connectivity index (χ1n) is 21.3. The van der Waals surface area contributed by atoms with Crippen LogP contribution in [0.2, 0.25) is 0 Å². The van der Waals surface area contributed by atoms with Crippen molar-refractivity contribution >= 4 is 11.0 Å². The SMILES string of the molecule is CC(C)c1cc(-c2nc3c(-c4[c-]c(-c5cc(-c6ccccc6)ccn5)cc(C(C)(C)C)c4)cccc3n2-c2cc(-c3ccccc3)cc(C(C)(C)C)c2)c(O)c(C(C)C)c1.[Pt]. The van der Waals surface area contributed by atoms with E-state index in [1.165, 1.54) is 16.7 Å². The molecule has 5 heteroatoms. The van der Waals surface area contributed by atoms with Gasteiger partial charge in [-0.15, -0.1) is 29.3 Å². The summed E-state index contributed by atoms with van der Waals surface area (Å²) in [6, 6.07) is 51.2. The summed E-state index contributed by atoms with van der Waals surface area (Å²) in [5, 5.41) is 12.2. The Morgan fingerprint density at radius 1 is 0.574 bits per heavy atom. The molecule has 0 aliphatic heterocycles. The van der Waals surface area contributed by atoms with Crippen LogP contribution in [0.5, 0.6) is 5.75 Å². The van der Waals surface area contributed by atoms with Crippen LogP contribution in [-0.2, 0) is 31.9 Å². The van der Waals surface area contributed by atoms with Crippen molar-refractivity contribution < 1.29 is 26.2 Å². The standard InChI is InChI=1S/C56H56N3O.Pt/c1-35(2)40-31-48(36(3)4)53(60)49(32-40)54-58-52-47(22-17-23-51(52)59(54)46-30-41(38-20-15-12-16-21-38)27-45(34-46)56(8,9)10)42-26-43(29-44(28-42)55(5,6)7)50-33-39(24-25-57-50)37-18-13-11-14-19-37;/h11-25,27-36,60H,1-10H3;/q-1;. The minimum Gasteiger partial charge on any atom is -0.507 e. The Hall–Kier alpha value is -5.57. The van der Waals surface area contributed by atoms with E-state index < -0.39 is 0 Å². The van der Waals surface area contributed by atoms with Crippen LogP contribution in [0.4, 0.5) is 0 Å². The van der Waals surface area contributed by atoms with Crippen molar-refractivity contribution in [2.75, 3.05) is 0 Å². The molecule has 4 nitrogen and oxygen atoms in total. The van der Waals surface area contributed by atoms with Gasteiger partial charge in [0, 0.05) is 38.6 Å². The summed E-state index contributed by atoms with van der Waals surface area (Å²) in [5.74, 6) is 1.35. The Kier molecular flexibility index (Phi) is 12.2. The molecule has 312 valence electrons. The first-order valence-corrected chi connectivity index (χ1v) is 21.3. The van der Waals surface area contributed by atoms with Crippen LogP contribution in [0.25, 0.3) is 72.7 Å². The summed E-state index contributed by atoms with van der Waals surface area (Å²) >= 11 is 0. The summed E-state index contributed by atoms with van der Waals surface area (Å²) in [5.41, 5.74) is 16.0. The van der Waals surface area contributed by atoms with E-state index >= 15 is 0 Å². The topological polar surface area (TPSA) is 50.9 Å². The number of hydrogen-bond donors (Lipinski definition) is 1. The number of fused-ring (bicyclic) bond motifs is 1. The molecule has 0 aliphatic rings. The normalized spacial score (nSPS) is 12.0. The summed E-state index contributed by atoms with van der Waals surface area (Å²) in [6.45, 7) is 22.2. The van der Waals surface area contributed by atoms with Gasteiger partial charge in [0.15, 0.2) is 0 Å². The predicted octanol–water partition coefficient (Wildman–Crippen LogP) is 15.1. The summed E-state index contributed by atoms with van der Waals surface area (Å²) in [4.78, 5) is 10.5. The molecule has 0 spiro atoms. The van der Waals surface area contributed by atoms with Crippen molar-refractivity contribution in [2.45, 2.75) is 91.9 Å². The van der Waals surface area contributed by atoms with E-state index in [9.17, 15) is 5.11 Å². The van der Waals surface area contributed by atoms with Crippen LogP contribution in [-0.4, -0.2) is 19.6 Å². The van der Waals surface area contributed by atoms with E-state index in [1.54, 1.807) is 0 Å². The van der Waals surface area contributed by atoms with E-state index in [-0.39, 0.29) is 49.5 Å². The van der Waals surface area contributed by atoms with Crippen molar-refractivity contribution in [2.24, 2.45) is 0 Å². The first kappa shape index (κ1) is 43.5. The van der Waals surface area contributed by atoms with Gasteiger partial charge in [0.05, 0.1) is 16.6 Å². The summed E-state index contributed by atoms with van der Waals surface area (Å²) < 4.78 is 2.27. The molecule has 0 saturated heterocycles. The van der Waals surface area contributed by atoms with Gasteiger partial charge in [0.1, 0.15) is 11.6 Å². The van der Waals surface area contributed by atoms with Crippen molar-refractivity contribution in [1.29, 1.82) is 0 Å². The van der Waals surface area contributed by atoms with Gasteiger partial charge >= 0.3 is 0 Å². The zero-order valence-electron chi connectivity index (χ0n) is 37.0. The number of nitrogens with zero attached hydrogens (tertiary/aromatic N) is 3. The zero-order valence-corrected chi connectivity index (χ0v) is 39.3. The molecule has 6 aromatic carbocycles. The van der Waals surface area contributed by atoms with Gasteiger partial charge < -0.3 is 5.11 Å². The Labute approximate surface area is 377 Å². The van der Waals surface area contributed by atoms with Gasteiger partial charge in [-0.2, -0.15) is 0 Å². The van der Waals surface area contributed by atoms with Crippen molar-refractivity contribution in [3.05, 3.63) is 168 Å². The molecule has 0 fully saturated rings. The van der Waals surface area contributed by atoms with E-state index in [4.69, 9.17) is 9.97 Å². The van der Waals surface area contributed by atoms with Crippen molar-refractivity contribution in [3.63, 3.8) is 0 Å². The number of imidazole rings is 1. The molecule has 0 atom stereocenters. The number of hydrogen-bond acceptors (Lipinski definition) is 3. The number of phenolic OH excluding ortho intramolecular Hbond substituents is 1. The van der Waals surface area contributed by atoms with E-state index in [2.05, 4.69) is 207 Å². The van der Waals surface area contributed by atoms with Crippen LogP contribution < -0.4 is 0 Å². The Morgan fingerprint density at radius 3 is 1.82 bits per heavy atom. The fourth-order valence-corrected chi connectivity index (χ4v) is 8.03. The first-order chi connectivity index (χ1) is 28.6. The minimum absolute atomic E-state index is 0. The number of aromatic hydroxyl groups is 1. The fraction of sp³-hybridized carbons (Fsp3) is 0.250. The monoisotopic (exact) mass is 981 g/mol. The van der Waals surface area contributed by atoms with Crippen LogP contribution in [0, 0.1) is 6.07 Å². The number of phenols is 1. The number of para-hydroxylation sites is 1. The molecule has 0 radical (unpaired) electrons. The zero-order chi connectivity index (χ0) is 42.5. The van der Waals surface area contributed by atoms with Crippen LogP contribution in [0.15, 0.2) is 140 Å². The molecule has 61 heavy (non-hydrogen) atoms. The maximum Gasteiger partial charge on any atom is 0.148 e. The van der Waals surface area contributed by atoms with E-state index in [0.717, 1.165) is 72.5 Å². The Balaban J connectivity index is 0.00000561. The molecule has 0 unspecified atom stereocenters. The Bertz CT molecular complexity index is 2840. The molecule has 8 rings (SSSR count). The van der Waals surface area contributed by atoms with Gasteiger partial charge in [-0.3, -0.25) is 9.55 Å². The van der Waals surface area contributed by atoms with Crippen LogP contribution in [0.3, 0.4) is 0 Å². The third-order valence-electron chi connectivity index (χ3n) is 11.7. The average molecular weight is 982 g/mol. The molecule has 2 aromatic heterocycles. The third kappa shape index (κ3) is 8.79. The number of pyridine rings is 1. The van der Waals surface area contributed by atoms with Crippen molar-refractivity contribution in [3.8, 4) is 67.5 Å². The molecular weight excluding hydrogens is 926 g/mol. The summed E-state index contributed by atoms with van der Waals surface area (Å²) in [6.07, 6.45) is 1.89. The largest absolute Gasteiger partial charge is 0.507 e. The molecule has 0 amide bonds. The quantitative estimate of drug-likeness (QED) is 0.154. The van der Waals surface area contributed by atoms with Gasteiger partial charge in [-0.25, -0.2) is 4.98 Å². The van der Waals surface area contributed by atoms with Gasteiger partial charge in [0.2, 0.25) is 0 Å². The van der Waals surface area contributed by atoms with Crippen LogP contribution >= 0.6 is 0 Å². The smallest absolute Gasteiger partial charge is 0.148 e. The number of rotatable bonds is 8. The Morgan fingerprint density at radius 2 is 1.20 bits per heavy atom. The van der Waals surface area contributed by atoms with Crippen LogP contribution in [0.1, 0.15) is 103 Å².